The summed E-state index contributed by atoms with van der Waals surface area (Å²) >= 11 is 0. The van der Waals surface area contributed by atoms with E-state index in [9.17, 15) is 4.79 Å². The van der Waals surface area contributed by atoms with E-state index >= 15 is 0 Å². The predicted molar refractivity (Wildman–Crippen MR) is 70.4 cm³/mol. The SMILES string of the molecule is CCn1ccn2cnc(-c3nc(C4CC4)no3)c2c1=O. The molecule has 0 bridgehead atoms. The van der Waals surface area contributed by atoms with Gasteiger partial charge in [-0.05, 0) is 19.8 Å². The van der Waals surface area contributed by atoms with Gasteiger partial charge in [-0.15, -0.1) is 0 Å². The van der Waals surface area contributed by atoms with Gasteiger partial charge in [-0.1, -0.05) is 5.16 Å². The van der Waals surface area contributed by atoms with Crippen molar-refractivity contribution in [3.05, 3.63) is 34.9 Å². The second-order valence-corrected chi connectivity index (χ2v) is 4.97. The fourth-order valence-electron chi connectivity index (χ4n) is 2.29. The maximum atomic E-state index is 12.4. The summed E-state index contributed by atoms with van der Waals surface area (Å²) in [5.74, 6) is 1.45. The van der Waals surface area contributed by atoms with Crippen LogP contribution in [-0.4, -0.2) is 24.1 Å². The highest BCUT2D eigenvalue weighted by molar-refractivity contribution is 5.70. The van der Waals surface area contributed by atoms with Crippen LogP contribution in [0.15, 0.2) is 28.0 Å². The molecular formula is C13H13N5O2. The lowest BCUT2D eigenvalue weighted by molar-refractivity contribution is 0.422. The van der Waals surface area contributed by atoms with Crippen molar-refractivity contribution >= 4 is 5.52 Å². The number of hydrogen-bond donors (Lipinski definition) is 0. The Morgan fingerprint density at radius 1 is 1.40 bits per heavy atom. The number of fused-ring (bicyclic) bond motifs is 1. The Labute approximate surface area is 113 Å². The van der Waals surface area contributed by atoms with E-state index < -0.39 is 0 Å². The van der Waals surface area contributed by atoms with Crippen LogP contribution in [0.3, 0.4) is 0 Å². The standard InChI is InChI=1S/C13H13N5O2/c1-2-17-5-6-18-7-14-9(10(18)13(17)19)12-15-11(16-20-12)8-3-4-8/h5-8H,2-4H2,1H3. The van der Waals surface area contributed by atoms with Crippen molar-refractivity contribution in [3.8, 4) is 11.6 Å². The van der Waals surface area contributed by atoms with Crippen LogP contribution in [-0.2, 0) is 6.54 Å². The minimum atomic E-state index is -0.103. The largest absolute Gasteiger partial charge is 0.332 e. The molecule has 102 valence electrons. The van der Waals surface area contributed by atoms with Gasteiger partial charge in [0.2, 0.25) is 0 Å². The molecule has 0 atom stereocenters. The first-order chi connectivity index (χ1) is 9.78. The number of aromatic nitrogens is 5. The molecule has 0 spiro atoms. The molecule has 0 aliphatic heterocycles. The molecule has 1 aliphatic carbocycles. The van der Waals surface area contributed by atoms with E-state index in [2.05, 4.69) is 15.1 Å². The van der Waals surface area contributed by atoms with Gasteiger partial charge < -0.3 is 9.09 Å². The Bertz CT molecular complexity index is 840. The van der Waals surface area contributed by atoms with Gasteiger partial charge in [0.25, 0.3) is 11.4 Å². The Morgan fingerprint density at radius 3 is 3.00 bits per heavy atom. The van der Waals surface area contributed by atoms with Crippen molar-refractivity contribution in [2.24, 2.45) is 0 Å². The number of hydrogen-bond acceptors (Lipinski definition) is 5. The van der Waals surface area contributed by atoms with Gasteiger partial charge in [-0.2, -0.15) is 4.98 Å². The monoisotopic (exact) mass is 271 g/mol. The first kappa shape index (κ1) is 11.4. The van der Waals surface area contributed by atoms with Crippen molar-refractivity contribution in [1.82, 2.24) is 24.1 Å². The third kappa shape index (κ3) is 1.59. The Morgan fingerprint density at radius 2 is 2.25 bits per heavy atom. The van der Waals surface area contributed by atoms with Crippen LogP contribution >= 0.6 is 0 Å². The summed E-state index contributed by atoms with van der Waals surface area (Å²) in [6.45, 7) is 2.53. The highest BCUT2D eigenvalue weighted by Gasteiger charge is 2.29. The Kier molecular flexibility index (Phi) is 2.29. The molecule has 0 aromatic carbocycles. The van der Waals surface area contributed by atoms with Crippen molar-refractivity contribution in [2.75, 3.05) is 0 Å². The van der Waals surface area contributed by atoms with Crippen LogP contribution < -0.4 is 5.56 Å². The van der Waals surface area contributed by atoms with Crippen molar-refractivity contribution in [2.45, 2.75) is 32.2 Å². The van der Waals surface area contributed by atoms with E-state index in [4.69, 9.17) is 4.52 Å². The van der Waals surface area contributed by atoms with E-state index in [1.54, 1.807) is 27.7 Å². The van der Waals surface area contributed by atoms with Gasteiger partial charge in [0.05, 0.1) is 0 Å². The van der Waals surface area contributed by atoms with Gasteiger partial charge in [0.1, 0.15) is 11.8 Å². The third-order valence-electron chi connectivity index (χ3n) is 3.59. The molecule has 0 saturated heterocycles. The molecule has 0 unspecified atom stereocenters. The molecule has 0 N–H and O–H groups in total. The summed E-state index contributed by atoms with van der Waals surface area (Å²) in [6, 6.07) is 0. The maximum Gasteiger partial charge on any atom is 0.278 e. The van der Waals surface area contributed by atoms with E-state index in [0.717, 1.165) is 12.8 Å². The molecule has 20 heavy (non-hydrogen) atoms. The summed E-state index contributed by atoms with van der Waals surface area (Å²) in [5, 5.41) is 3.97. The molecule has 1 saturated carbocycles. The van der Waals surface area contributed by atoms with Gasteiger partial charge >= 0.3 is 0 Å². The van der Waals surface area contributed by atoms with Crippen molar-refractivity contribution in [1.29, 1.82) is 0 Å². The molecule has 3 heterocycles. The quantitative estimate of drug-likeness (QED) is 0.720. The highest BCUT2D eigenvalue weighted by Crippen LogP contribution is 2.38. The molecule has 0 radical (unpaired) electrons. The number of nitrogens with zero attached hydrogens (tertiary/aromatic N) is 5. The van der Waals surface area contributed by atoms with E-state index in [1.165, 1.54) is 0 Å². The summed E-state index contributed by atoms with van der Waals surface area (Å²) in [4.78, 5) is 21.0. The number of aryl methyl sites for hydroxylation is 1. The summed E-state index contributed by atoms with van der Waals surface area (Å²) in [7, 11) is 0. The molecule has 7 nitrogen and oxygen atoms in total. The zero-order chi connectivity index (χ0) is 13.7. The van der Waals surface area contributed by atoms with Gasteiger partial charge in [-0.25, -0.2) is 4.98 Å². The Balaban J connectivity index is 1.92. The topological polar surface area (TPSA) is 78.2 Å². The van der Waals surface area contributed by atoms with Crippen LogP contribution in [0, 0.1) is 0 Å². The molecule has 3 aromatic heterocycles. The van der Waals surface area contributed by atoms with Crippen LogP contribution in [0.1, 0.15) is 31.5 Å². The number of rotatable bonds is 3. The first-order valence-electron chi connectivity index (χ1n) is 6.68. The minimum Gasteiger partial charge on any atom is -0.332 e. The van der Waals surface area contributed by atoms with Crippen LogP contribution in [0.4, 0.5) is 0 Å². The first-order valence-corrected chi connectivity index (χ1v) is 6.68. The van der Waals surface area contributed by atoms with Gasteiger partial charge in [0, 0.05) is 24.9 Å². The predicted octanol–water partition coefficient (Wildman–Crippen LogP) is 1.44. The zero-order valence-electron chi connectivity index (χ0n) is 11.0. The van der Waals surface area contributed by atoms with E-state index in [-0.39, 0.29) is 5.56 Å². The maximum absolute atomic E-state index is 12.4. The van der Waals surface area contributed by atoms with Crippen LogP contribution in [0.5, 0.6) is 0 Å². The molecule has 7 heteroatoms. The normalized spacial score (nSPS) is 15.1. The molecule has 0 amide bonds. The summed E-state index contributed by atoms with van der Waals surface area (Å²) in [6.07, 6.45) is 7.34. The fraction of sp³-hybridized carbons (Fsp3) is 0.385. The molecule has 1 fully saturated rings. The summed E-state index contributed by atoms with van der Waals surface area (Å²) < 4.78 is 8.57. The fourth-order valence-corrected chi connectivity index (χ4v) is 2.29. The van der Waals surface area contributed by atoms with Gasteiger partial charge in [0.15, 0.2) is 11.5 Å². The molecular weight excluding hydrogens is 258 g/mol. The zero-order valence-corrected chi connectivity index (χ0v) is 11.0. The van der Waals surface area contributed by atoms with Crippen molar-refractivity contribution < 1.29 is 4.52 Å². The average molecular weight is 271 g/mol. The minimum absolute atomic E-state index is 0.103. The van der Waals surface area contributed by atoms with E-state index in [0.29, 0.717) is 35.4 Å². The summed E-state index contributed by atoms with van der Waals surface area (Å²) in [5.41, 5.74) is 0.825. The smallest absolute Gasteiger partial charge is 0.278 e. The van der Waals surface area contributed by atoms with Gasteiger partial charge in [-0.3, -0.25) is 9.20 Å². The molecule has 4 rings (SSSR count). The lowest BCUT2D eigenvalue weighted by Gasteiger charge is -2.01. The second-order valence-electron chi connectivity index (χ2n) is 4.97. The second kappa shape index (κ2) is 4.03. The highest BCUT2D eigenvalue weighted by atomic mass is 16.5. The third-order valence-corrected chi connectivity index (χ3v) is 3.59. The average Bonchev–Trinajstić information content (AvgIpc) is 3.03. The van der Waals surface area contributed by atoms with Crippen LogP contribution in [0.25, 0.3) is 17.1 Å². The van der Waals surface area contributed by atoms with E-state index in [1.807, 2.05) is 6.92 Å². The number of imidazole rings is 1. The molecule has 3 aromatic rings. The molecule has 1 aliphatic rings. The lowest BCUT2D eigenvalue weighted by Crippen LogP contribution is -2.20. The van der Waals surface area contributed by atoms with Crippen LogP contribution in [0.2, 0.25) is 0 Å². The van der Waals surface area contributed by atoms with Crippen molar-refractivity contribution in [3.63, 3.8) is 0 Å². The lowest BCUT2D eigenvalue weighted by atomic mass is 10.3. The Hall–Kier alpha value is -2.44.